The van der Waals surface area contributed by atoms with E-state index in [4.69, 9.17) is 9.47 Å². The summed E-state index contributed by atoms with van der Waals surface area (Å²) >= 11 is 0. The first-order valence-electron chi connectivity index (χ1n) is 7.52. The molecular formula is C18H16N2O5. The van der Waals surface area contributed by atoms with Crippen molar-refractivity contribution in [2.45, 2.75) is 0 Å². The van der Waals surface area contributed by atoms with Crippen LogP contribution in [-0.4, -0.2) is 38.4 Å². The number of Topliss-reactive ketones (excluding diaryl/α,β-unsaturated/α-hetero) is 1. The standard InChI is InChI=1S/C18H16N2O5/c1-24-11-7-8-13(15(9-11)25-2)19-16(21)10-20-14-6-4-3-5-12(14)17(22)18(20)23/h3-9H,10H2,1-2H3,(H,19,21). The first kappa shape index (κ1) is 16.5. The highest BCUT2D eigenvalue weighted by Gasteiger charge is 2.36. The van der Waals surface area contributed by atoms with Crippen LogP contribution in [0, 0.1) is 0 Å². The Kier molecular flexibility index (Phi) is 4.38. The van der Waals surface area contributed by atoms with Crippen molar-refractivity contribution in [1.82, 2.24) is 0 Å². The Labute approximate surface area is 144 Å². The second-order valence-corrected chi connectivity index (χ2v) is 5.35. The molecule has 0 bridgehead atoms. The number of hydrogen-bond donors (Lipinski definition) is 1. The molecule has 3 rings (SSSR count). The molecule has 0 aromatic heterocycles. The van der Waals surface area contributed by atoms with Crippen molar-refractivity contribution in [2.75, 3.05) is 31.0 Å². The zero-order valence-electron chi connectivity index (χ0n) is 13.7. The van der Waals surface area contributed by atoms with Crippen molar-refractivity contribution >= 4 is 29.0 Å². The van der Waals surface area contributed by atoms with Gasteiger partial charge in [0, 0.05) is 6.07 Å². The third-order valence-electron chi connectivity index (χ3n) is 3.86. The summed E-state index contributed by atoms with van der Waals surface area (Å²) in [6, 6.07) is 11.5. The number of hydrogen-bond acceptors (Lipinski definition) is 5. The number of nitrogens with one attached hydrogen (secondary N) is 1. The van der Waals surface area contributed by atoms with Crippen molar-refractivity contribution in [3.05, 3.63) is 48.0 Å². The van der Waals surface area contributed by atoms with Crippen LogP contribution in [0.5, 0.6) is 11.5 Å². The van der Waals surface area contributed by atoms with Gasteiger partial charge in [0.2, 0.25) is 5.91 Å². The highest BCUT2D eigenvalue weighted by Crippen LogP contribution is 2.30. The van der Waals surface area contributed by atoms with Crippen molar-refractivity contribution in [3.63, 3.8) is 0 Å². The van der Waals surface area contributed by atoms with E-state index in [2.05, 4.69) is 5.32 Å². The van der Waals surface area contributed by atoms with Gasteiger partial charge in [-0.25, -0.2) is 0 Å². The molecule has 7 heteroatoms. The van der Waals surface area contributed by atoms with Crippen LogP contribution in [0.15, 0.2) is 42.5 Å². The highest BCUT2D eigenvalue weighted by atomic mass is 16.5. The van der Waals surface area contributed by atoms with Crippen LogP contribution in [0.3, 0.4) is 0 Å². The summed E-state index contributed by atoms with van der Waals surface area (Å²) in [6.07, 6.45) is 0. The Balaban J connectivity index is 1.78. The van der Waals surface area contributed by atoms with Gasteiger partial charge in [0.15, 0.2) is 0 Å². The number of fused-ring (bicyclic) bond motifs is 1. The van der Waals surface area contributed by atoms with E-state index in [0.717, 1.165) is 0 Å². The maximum absolute atomic E-state index is 12.3. The fourth-order valence-electron chi connectivity index (χ4n) is 2.64. The number of methoxy groups -OCH3 is 2. The van der Waals surface area contributed by atoms with E-state index in [1.807, 2.05) is 0 Å². The van der Waals surface area contributed by atoms with E-state index in [1.165, 1.54) is 19.1 Å². The van der Waals surface area contributed by atoms with E-state index < -0.39 is 17.6 Å². The molecular weight excluding hydrogens is 324 g/mol. The average Bonchev–Trinajstić information content (AvgIpc) is 2.87. The summed E-state index contributed by atoms with van der Waals surface area (Å²) in [7, 11) is 3.00. The van der Waals surface area contributed by atoms with Crippen molar-refractivity contribution in [1.29, 1.82) is 0 Å². The first-order chi connectivity index (χ1) is 12.0. The Morgan fingerprint density at radius 3 is 2.56 bits per heavy atom. The summed E-state index contributed by atoms with van der Waals surface area (Å²) in [5, 5.41) is 2.68. The van der Waals surface area contributed by atoms with Gasteiger partial charge in [0.1, 0.15) is 18.0 Å². The zero-order chi connectivity index (χ0) is 18.0. The second-order valence-electron chi connectivity index (χ2n) is 5.35. The van der Waals surface area contributed by atoms with Crippen molar-refractivity contribution < 1.29 is 23.9 Å². The van der Waals surface area contributed by atoms with Gasteiger partial charge in [-0.1, -0.05) is 12.1 Å². The largest absolute Gasteiger partial charge is 0.497 e. The van der Waals surface area contributed by atoms with Gasteiger partial charge in [-0.05, 0) is 24.3 Å². The van der Waals surface area contributed by atoms with Crippen LogP contribution >= 0.6 is 0 Å². The van der Waals surface area contributed by atoms with E-state index >= 15 is 0 Å². The normalized spacial score (nSPS) is 12.8. The lowest BCUT2D eigenvalue weighted by Crippen LogP contribution is -2.37. The molecule has 25 heavy (non-hydrogen) atoms. The predicted molar refractivity (Wildman–Crippen MR) is 91.3 cm³/mol. The molecule has 0 spiro atoms. The summed E-state index contributed by atoms with van der Waals surface area (Å²) in [5.41, 5.74) is 1.19. The molecule has 0 saturated carbocycles. The predicted octanol–water partition coefficient (Wildman–Crippen LogP) is 1.87. The Morgan fingerprint density at radius 1 is 1.08 bits per heavy atom. The van der Waals surface area contributed by atoms with E-state index in [1.54, 1.807) is 42.5 Å². The summed E-state index contributed by atoms with van der Waals surface area (Å²) in [6.45, 7) is -0.267. The molecule has 2 amide bonds. The number of ketones is 1. The maximum atomic E-state index is 12.3. The fourth-order valence-corrected chi connectivity index (χ4v) is 2.64. The molecule has 0 aliphatic carbocycles. The number of carbonyl (C=O) groups is 3. The molecule has 0 fully saturated rings. The minimum Gasteiger partial charge on any atom is -0.497 e. The summed E-state index contributed by atoms with van der Waals surface area (Å²) in [5.74, 6) is -0.745. The lowest BCUT2D eigenvalue weighted by atomic mass is 10.1. The number of nitrogens with zero attached hydrogens (tertiary/aromatic N) is 1. The minimum absolute atomic E-state index is 0.267. The lowest BCUT2D eigenvalue weighted by Gasteiger charge is -2.17. The fraction of sp³-hybridized carbons (Fsp3) is 0.167. The monoisotopic (exact) mass is 340 g/mol. The maximum Gasteiger partial charge on any atom is 0.299 e. The highest BCUT2D eigenvalue weighted by molar-refractivity contribution is 6.52. The zero-order valence-corrected chi connectivity index (χ0v) is 13.7. The number of ether oxygens (including phenoxy) is 2. The molecule has 1 aliphatic heterocycles. The molecule has 128 valence electrons. The van der Waals surface area contributed by atoms with Gasteiger partial charge in [-0.3, -0.25) is 19.3 Å². The summed E-state index contributed by atoms with van der Waals surface area (Å²) in [4.78, 5) is 37.6. The smallest absolute Gasteiger partial charge is 0.299 e. The van der Waals surface area contributed by atoms with Crippen LogP contribution in [0.2, 0.25) is 0 Å². The molecule has 7 nitrogen and oxygen atoms in total. The van der Waals surface area contributed by atoms with E-state index in [0.29, 0.717) is 28.4 Å². The van der Waals surface area contributed by atoms with Crippen LogP contribution in [0.1, 0.15) is 10.4 Å². The van der Waals surface area contributed by atoms with Crippen LogP contribution in [-0.2, 0) is 9.59 Å². The van der Waals surface area contributed by atoms with Crippen LogP contribution < -0.4 is 19.7 Å². The molecule has 2 aromatic rings. The number of rotatable bonds is 5. The van der Waals surface area contributed by atoms with Crippen molar-refractivity contribution in [3.8, 4) is 11.5 Å². The molecule has 0 unspecified atom stereocenters. The van der Waals surface area contributed by atoms with Crippen molar-refractivity contribution in [2.24, 2.45) is 0 Å². The molecule has 0 radical (unpaired) electrons. The van der Waals surface area contributed by atoms with Gasteiger partial charge >= 0.3 is 0 Å². The quantitative estimate of drug-likeness (QED) is 0.840. The topological polar surface area (TPSA) is 84.9 Å². The number of carbonyl (C=O) groups excluding carboxylic acids is 3. The molecule has 2 aromatic carbocycles. The van der Waals surface area contributed by atoms with Gasteiger partial charge in [-0.2, -0.15) is 0 Å². The van der Waals surface area contributed by atoms with Crippen LogP contribution in [0.4, 0.5) is 11.4 Å². The third kappa shape index (κ3) is 3.03. The first-order valence-corrected chi connectivity index (χ1v) is 7.52. The van der Waals surface area contributed by atoms with Gasteiger partial charge in [0.25, 0.3) is 11.7 Å². The van der Waals surface area contributed by atoms with Crippen LogP contribution in [0.25, 0.3) is 0 Å². The lowest BCUT2D eigenvalue weighted by molar-refractivity contribution is -0.118. The van der Waals surface area contributed by atoms with Gasteiger partial charge < -0.3 is 14.8 Å². The number of amides is 2. The Hall–Kier alpha value is -3.35. The average molecular weight is 340 g/mol. The van der Waals surface area contributed by atoms with E-state index in [9.17, 15) is 14.4 Å². The Morgan fingerprint density at radius 2 is 1.84 bits per heavy atom. The van der Waals surface area contributed by atoms with Gasteiger partial charge in [-0.15, -0.1) is 0 Å². The minimum atomic E-state index is -0.710. The van der Waals surface area contributed by atoms with E-state index in [-0.39, 0.29) is 6.54 Å². The molecule has 0 atom stereocenters. The number of benzene rings is 2. The van der Waals surface area contributed by atoms with Gasteiger partial charge in [0.05, 0.1) is 31.2 Å². The Bertz CT molecular complexity index is 862. The second kappa shape index (κ2) is 6.64. The number of para-hydroxylation sites is 1. The molecule has 1 N–H and O–H groups in total. The number of anilines is 2. The molecule has 1 heterocycles. The molecule has 0 saturated heterocycles. The SMILES string of the molecule is COc1ccc(NC(=O)CN2C(=O)C(=O)c3ccccc32)c(OC)c1. The molecule has 1 aliphatic rings. The third-order valence-corrected chi connectivity index (χ3v) is 3.86. The summed E-state index contributed by atoms with van der Waals surface area (Å²) < 4.78 is 10.3.